The molecule has 20 heavy (non-hydrogen) atoms. The smallest absolute Gasteiger partial charge is 0.124 e. The van der Waals surface area contributed by atoms with Gasteiger partial charge in [0.15, 0.2) is 0 Å². The first-order chi connectivity index (χ1) is 9.61. The summed E-state index contributed by atoms with van der Waals surface area (Å²) in [6.45, 7) is 4.26. The molecule has 0 aromatic heterocycles. The predicted molar refractivity (Wildman–Crippen MR) is 86.6 cm³/mol. The van der Waals surface area contributed by atoms with Crippen molar-refractivity contribution in [3.8, 4) is 0 Å². The number of nitrogens with one attached hydrogen (secondary N) is 1. The standard InChI is InChI=1S/C17H19BrFN/c1-3-6-13-7-4-5-8-17(13)20-12(2)15-10-9-14(19)11-16(15)18/h4-5,7-12,20H,3,6H2,1-2H3. The van der Waals surface area contributed by atoms with Crippen molar-refractivity contribution in [2.45, 2.75) is 32.7 Å². The maximum absolute atomic E-state index is 13.2. The molecule has 2 rings (SSSR count). The summed E-state index contributed by atoms with van der Waals surface area (Å²) in [5.41, 5.74) is 3.52. The maximum Gasteiger partial charge on any atom is 0.124 e. The first-order valence-corrected chi connectivity index (χ1v) is 7.70. The predicted octanol–water partition coefficient (Wildman–Crippen LogP) is 5.71. The zero-order valence-electron chi connectivity index (χ0n) is 11.8. The average Bonchev–Trinajstić information content (AvgIpc) is 2.41. The lowest BCUT2D eigenvalue weighted by Gasteiger charge is -2.19. The third-order valence-corrected chi connectivity index (χ3v) is 4.02. The molecule has 1 unspecified atom stereocenters. The SMILES string of the molecule is CCCc1ccccc1NC(C)c1ccc(F)cc1Br. The highest BCUT2D eigenvalue weighted by atomic mass is 79.9. The summed E-state index contributed by atoms with van der Waals surface area (Å²) in [5.74, 6) is -0.223. The van der Waals surface area contributed by atoms with Crippen molar-refractivity contribution < 1.29 is 4.39 Å². The number of hydrogen-bond donors (Lipinski definition) is 1. The van der Waals surface area contributed by atoms with Crippen molar-refractivity contribution in [1.29, 1.82) is 0 Å². The molecule has 0 spiro atoms. The van der Waals surface area contributed by atoms with Crippen molar-refractivity contribution in [3.05, 3.63) is 63.9 Å². The number of benzene rings is 2. The molecule has 0 bridgehead atoms. The van der Waals surface area contributed by atoms with Crippen LogP contribution in [-0.4, -0.2) is 0 Å². The molecule has 0 radical (unpaired) electrons. The molecule has 106 valence electrons. The summed E-state index contributed by atoms with van der Waals surface area (Å²) in [4.78, 5) is 0. The van der Waals surface area contributed by atoms with E-state index in [2.05, 4.69) is 53.3 Å². The van der Waals surface area contributed by atoms with Gasteiger partial charge in [-0.25, -0.2) is 4.39 Å². The second-order valence-electron chi connectivity index (χ2n) is 4.94. The molecule has 0 aliphatic heterocycles. The Morgan fingerprint density at radius 2 is 1.95 bits per heavy atom. The molecule has 0 aliphatic carbocycles. The summed E-state index contributed by atoms with van der Waals surface area (Å²) < 4.78 is 13.9. The average molecular weight is 336 g/mol. The molecule has 0 fully saturated rings. The van der Waals surface area contributed by atoms with Gasteiger partial charge in [-0.1, -0.05) is 53.5 Å². The molecule has 2 aromatic rings. The molecular formula is C17H19BrFN. The first-order valence-electron chi connectivity index (χ1n) is 6.91. The van der Waals surface area contributed by atoms with Crippen LogP contribution in [0, 0.1) is 5.82 Å². The minimum absolute atomic E-state index is 0.114. The molecule has 3 heteroatoms. The molecule has 0 aliphatic rings. The number of rotatable bonds is 5. The topological polar surface area (TPSA) is 12.0 Å². The quantitative estimate of drug-likeness (QED) is 0.737. The van der Waals surface area contributed by atoms with Gasteiger partial charge >= 0.3 is 0 Å². The van der Waals surface area contributed by atoms with Gasteiger partial charge in [0, 0.05) is 16.2 Å². The summed E-state index contributed by atoms with van der Waals surface area (Å²) >= 11 is 3.43. The van der Waals surface area contributed by atoms with Gasteiger partial charge in [-0.3, -0.25) is 0 Å². The van der Waals surface area contributed by atoms with E-state index in [4.69, 9.17) is 0 Å². The Kier molecular flexibility index (Phi) is 5.18. The van der Waals surface area contributed by atoms with E-state index in [0.717, 1.165) is 28.6 Å². The van der Waals surface area contributed by atoms with Gasteiger partial charge in [0.2, 0.25) is 0 Å². The third kappa shape index (κ3) is 3.60. The van der Waals surface area contributed by atoms with E-state index in [-0.39, 0.29) is 11.9 Å². The highest BCUT2D eigenvalue weighted by Crippen LogP contribution is 2.28. The first kappa shape index (κ1) is 15.0. The maximum atomic E-state index is 13.2. The van der Waals surface area contributed by atoms with Crippen LogP contribution in [0.5, 0.6) is 0 Å². The summed E-state index contributed by atoms with van der Waals surface area (Å²) in [7, 11) is 0. The van der Waals surface area contributed by atoms with Crippen LogP contribution in [0.3, 0.4) is 0 Å². The van der Waals surface area contributed by atoms with Crippen LogP contribution in [0.4, 0.5) is 10.1 Å². The lowest BCUT2D eigenvalue weighted by molar-refractivity contribution is 0.625. The minimum Gasteiger partial charge on any atom is -0.378 e. The molecule has 2 aromatic carbocycles. The van der Waals surface area contributed by atoms with E-state index in [1.165, 1.54) is 17.7 Å². The van der Waals surface area contributed by atoms with E-state index < -0.39 is 0 Å². The van der Waals surface area contributed by atoms with Crippen LogP contribution >= 0.6 is 15.9 Å². The van der Waals surface area contributed by atoms with Gasteiger partial charge in [0.25, 0.3) is 0 Å². The number of hydrogen-bond acceptors (Lipinski definition) is 1. The van der Waals surface area contributed by atoms with Gasteiger partial charge in [-0.05, 0) is 42.7 Å². The van der Waals surface area contributed by atoms with Crippen LogP contribution in [0.25, 0.3) is 0 Å². The van der Waals surface area contributed by atoms with Gasteiger partial charge in [-0.15, -0.1) is 0 Å². The van der Waals surface area contributed by atoms with Crippen molar-refractivity contribution in [2.24, 2.45) is 0 Å². The molecule has 0 heterocycles. The Hall–Kier alpha value is -1.35. The lowest BCUT2D eigenvalue weighted by Crippen LogP contribution is -2.09. The van der Waals surface area contributed by atoms with Gasteiger partial charge in [-0.2, -0.15) is 0 Å². The Labute approximate surface area is 128 Å². The van der Waals surface area contributed by atoms with Crippen molar-refractivity contribution >= 4 is 21.6 Å². The second kappa shape index (κ2) is 6.89. The highest BCUT2D eigenvalue weighted by molar-refractivity contribution is 9.10. The van der Waals surface area contributed by atoms with E-state index in [9.17, 15) is 4.39 Å². The number of para-hydroxylation sites is 1. The van der Waals surface area contributed by atoms with Gasteiger partial charge < -0.3 is 5.32 Å². The van der Waals surface area contributed by atoms with Crippen molar-refractivity contribution in [3.63, 3.8) is 0 Å². The van der Waals surface area contributed by atoms with Crippen LogP contribution in [-0.2, 0) is 6.42 Å². The lowest BCUT2D eigenvalue weighted by atomic mass is 10.0. The van der Waals surface area contributed by atoms with Crippen LogP contribution in [0.15, 0.2) is 46.9 Å². The zero-order chi connectivity index (χ0) is 14.5. The normalized spacial score (nSPS) is 12.2. The van der Waals surface area contributed by atoms with E-state index in [0.29, 0.717) is 0 Å². The molecule has 0 saturated heterocycles. The number of halogens is 2. The Bertz CT molecular complexity index is 583. The van der Waals surface area contributed by atoms with Crippen LogP contribution < -0.4 is 5.32 Å². The Morgan fingerprint density at radius 3 is 2.65 bits per heavy atom. The molecule has 0 amide bonds. The summed E-state index contributed by atoms with van der Waals surface area (Å²) in [6, 6.07) is 13.3. The largest absolute Gasteiger partial charge is 0.378 e. The Balaban J connectivity index is 2.21. The number of anilines is 1. The van der Waals surface area contributed by atoms with E-state index >= 15 is 0 Å². The van der Waals surface area contributed by atoms with Crippen molar-refractivity contribution in [2.75, 3.05) is 5.32 Å². The second-order valence-corrected chi connectivity index (χ2v) is 5.79. The highest BCUT2D eigenvalue weighted by Gasteiger charge is 2.11. The summed E-state index contributed by atoms with van der Waals surface area (Å²) in [5, 5.41) is 3.52. The van der Waals surface area contributed by atoms with Crippen LogP contribution in [0.2, 0.25) is 0 Å². The minimum atomic E-state index is -0.223. The Morgan fingerprint density at radius 1 is 1.20 bits per heavy atom. The molecule has 0 saturated carbocycles. The fourth-order valence-electron chi connectivity index (χ4n) is 2.31. The fraction of sp³-hybridized carbons (Fsp3) is 0.294. The van der Waals surface area contributed by atoms with E-state index in [1.54, 1.807) is 0 Å². The molecule has 1 nitrogen and oxygen atoms in total. The molecule has 1 atom stereocenters. The van der Waals surface area contributed by atoms with Crippen molar-refractivity contribution in [1.82, 2.24) is 0 Å². The fourth-order valence-corrected chi connectivity index (χ4v) is 3.01. The molecular weight excluding hydrogens is 317 g/mol. The molecule has 1 N–H and O–H groups in total. The third-order valence-electron chi connectivity index (χ3n) is 3.34. The summed E-state index contributed by atoms with van der Waals surface area (Å²) in [6.07, 6.45) is 2.17. The van der Waals surface area contributed by atoms with Crippen LogP contribution in [0.1, 0.15) is 37.4 Å². The number of aryl methyl sites for hydroxylation is 1. The van der Waals surface area contributed by atoms with Gasteiger partial charge in [0.1, 0.15) is 5.82 Å². The zero-order valence-corrected chi connectivity index (χ0v) is 13.4. The van der Waals surface area contributed by atoms with Gasteiger partial charge in [0.05, 0.1) is 0 Å². The van der Waals surface area contributed by atoms with E-state index in [1.807, 2.05) is 12.1 Å². The monoisotopic (exact) mass is 335 g/mol.